The third-order valence-corrected chi connectivity index (χ3v) is 14.1. The largest absolute Gasteiger partial charge is 0.310 e. The van der Waals surface area contributed by atoms with Crippen molar-refractivity contribution in [3.63, 3.8) is 0 Å². The van der Waals surface area contributed by atoms with Crippen molar-refractivity contribution in [1.82, 2.24) is 0 Å². The molecule has 0 fully saturated rings. The average molecular weight is 906 g/mol. The van der Waals surface area contributed by atoms with Gasteiger partial charge >= 0.3 is 0 Å². The molecule has 0 aliphatic carbocycles. The SMILES string of the molecule is [2H]c1c([2H])c([2H])c(N(c2ccc(-c3ccccc3)cc2)c2ccc(-c3cccc4c3sc3ccccc34)cc2)c(-c2c([2H])c([2H])c([2H])c(C(c3ccc(-c4ccccc4)cc3)c3ccc(-c4ccccc4)cc3)c2[2H])c1[2H]. The van der Waals surface area contributed by atoms with E-state index in [2.05, 4.69) is 36.4 Å². The van der Waals surface area contributed by atoms with Crippen LogP contribution in [-0.2, 0) is 0 Å². The third kappa shape index (κ3) is 8.33. The lowest BCUT2D eigenvalue weighted by atomic mass is 9.83. The minimum absolute atomic E-state index is 0.00359. The molecule has 0 spiro atoms. The highest BCUT2D eigenvalue weighted by molar-refractivity contribution is 7.26. The van der Waals surface area contributed by atoms with E-state index in [1.807, 2.05) is 194 Å². The van der Waals surface area contributed by atoms with Crippen LogP contribution in [0.2, 0.25) is 0 Å². The van der Waals surface area contributed by atoms with Gasteiger partial charge in [0.05, 0.1) is 16.7 Å². The molecule has 0 bridgehead atoms. The quantitative estimate of drug-likeness (QED) is 0.117. The Balaban J connectivity index is 1.08. The molecule has 0 radical (unpaired) electrons. The number of hydrogen-bond donors (Lipinski definition) is 0. The molecule has 12 rings (SSSR count). The molecule has 0 N–H and O–H groups in total. The molecule has 0 saturated carbocycles. The van der Waals surface area contributed by atoms with Crippen LogP contribution in [0.1, 0.15) is 33.6 Å². The lowest BCUT2D eigenvalue weighted by Gasteiger charge is -2.28. The highest BCUT2D eigenvalue weighted by atomic mass is 32.1. The van der Waals surface area contributed by atoms with Crippen molar-refractivity contribution in [1.29, 1.82) is 0 Å². The summed E-state index contributed by atoms with van der Waals surface area (Å²) in [5.74, 6) is -0.799. The highest BCUT2D eigenvalue weighted by Crippen LogP contribution is 2.45. The number of thiophene rings is 1. The molecule has 11 aromatic carbocycles. The molecular formula is C67H47NS. The van der Waals surface area contributed by atoms with Crippen LogP contribution in [0.25, 0.3) is 75.8 Å². The van der Waals surface area contributed by atoms with Gasteiger partial charge in [-0.25, -0.2) is 0 Å². The first-order valence-electron chi connectivity index (χ1n) is 27.0. The Labute approximate surface area is 419 Å². The first-order chi connectivity index (χ1) is 37.5. The number of anilines is 3. The molecule has 0 aliphatic rings. The molecule has 1 aromatic heterocycles. The van der Waals surface area contributed by atoms with E-state index in [1.54, 1.807) is 16.2 Å². The fourth-order valence-electron chi connectivity index (χ4n) is 9.41. The molecule has 0 amide bonds. The van der Waals surface area contributed by atoms with E-state index >= 15 is 0 Å². The molecule has 326 valence electrons. The van der Waals surface area contributed by atoms with Gasteiger partial charge in [-0.15, -0.1) is 11.3 Å². The maximum Gasteiger partial charge on any atom is 0.0645 e. The summed E-state index contributed by atoms with van der Waals surface area (Å²) < 4.78 is 79.6. The maximum atomic E-state index is 10.3. The zero-order chi connectivity index (χ0) is 52.9. The Hall–Kier alpha value is -8.56. The van der Waals surface area contributed by atoms with E-state index in [0.717, 1.165) is 65.7 Å². The summed E-state index contributed by atoms with van der Waals surface area (Å²) in [7, 11) is 0. The Kier molecular flexibility index (Phi) is 9.13. The van der Waals surface area contributed by atoms with Gasteiger partial charge in [-0.05, 0) is 103 Å². The summed E-state index contributed by atoms with van der Waals surface area (Å²) in [5, 5.41) is 2.35. The monoisotopic (exact) mass is 905 g/mol. The molecule has 2 heteroatoms. The molecule has 0 unspecified atom stereocenters. The van der Waals surface area contributed by atoms with Gasteiger partial charge in [0.25, 0.3) is 0 Å². The second-order valence-corrected chi connectivity index (χ2v) is 18.0. The normalized spacial score (nSPS) is 12.9. The Morgan fingerprint density at radius 3 is 1.39 bits per heavy atom. The van der Waals surface area contributed by atoms with Crippen LogP contribution in [0.4, 0.5) is 17.1 Å². The molecule has 1 nitrogen and oxygen atoms in total. The minimum Gasteiger partial charge on any atom is -0.310 e. The average Bonchev–Trinajstić information content (AvgIpc) is 3.96. The maximum absolute atomic E-state index is 10.3. The third-order valence-electron chi connectivity index (χ3n) is 12.9. The van der Waals surface area contributed by atoms with Crippen molar-refractivity contribution in [2.24, 2.45) is 0 Å². The van der Waals surface area contributed by atoms with Gasteiger partial charge in [-0.3, -0.25) is 0 Å². The molecule has 1 heterocycles. The summed E-state index contributed by atoms with van der Waals surface area (Å²) >= 11 is 1.74. The number of rotatable bonds is 11. The van der Waals surface area contributed by atoms with E-state index in [0.29, 0.717) is 11.4 Å². The van der Waals surface area contributed by atoms with Crippen LogP contribution in [-0.4, -0.2) is 0 Å². The highest BCUT2D eigenvalue weighted by Gasteiger charge is 2.22. The Morgan fingerprint density at radius 1 is 0.333 bits per heavy atom. The zero-order valence-electron chi connectivity index (χ0n) is 45.4. The Morgan fingerprint density at radius 2 is 0.812 bits per heavy atom. The van der Waals surface area contributed by atoms with Crippen LogP contribution in [0, 0.1) is 0 Å². The number of fused-ring (bicyclic) bond motifs is 3. The van der Waals surface area contributed by atoms with Gasteiger partial charge in [0.15, 0.2) is 0 Å². The first kappa shape index (κ1) is 33.8. The predicted molar refractivity (Wildman–Crippen MR) is 295 cm³/mol. The van der Waals surface area contributed by atoms with Crippen LogP contribution in [0.15, 0.2) is 279 Å². The molecule has 0 aliphatic heterocycles. The van der Waals surface area contributed by atoms with E-state index in [9.17, 15) is 11.0 Å². The van der Waals surface area contributed by atoms with Crippen LogP contribution in [0.5, 0.6) is 0 Å². The fourth-order valence-corrected chi connectivity index (χ4v) is 10.6. The topological polar surface area (TPSA) is 3.24 Å². The fraction of sp³-hybridized carbons (Fsp3) is 0.0149. The van der Waals surface area contributed by atoms with Crippen LogP contribution < -0.4 is 4.90 Å². The number of benzene rings is 11. The smallest absolute Gasteiger partial charge is 0.0645 e. The van der Waals surface area contributed by atoms with E-state index in [1.165, 1.54) is 10.1 Å². The van der Waals surface area contributed by atoms with Crippen molar-refractivity contribution in [2.45, 2.75) is 5.92 Å². The molecule has 69 heavy (non-hydrogen) atoms. The van der Waals surface area contributed by atoms with Gasteiger partial charge in [-0.2, -0.15) is 0 Å². The van der Waals surface area contributed by atoms with Crippen molar-refractivity contribution < 1.29 is 11.0 Å². The number of hydrogen-bond acceptors (Lipinski definition) is 2. The van der Waals surface area contributed by atoms with Gasteiger partial charge in [0.2, 0.25) is 0 Å². The lowest BCUT2D eigenvalue weighted by molar-refractivity contribution is 0.978. The van der Waals surface area contributed by atoms with Crippen LogP contribution >= 0.6 is 11.3 Å². The number of para-hydroxylation sites is 1. The van der Waals surface area contributed by atoms with Crippen LogP contribution in [0.3, 0.4) is 0 Å². The molecule has 0 saturated heterocycles. The van der Waals surface area contributed by atoms with Gasteiger partial charge in [0.1, 0.15) is 0 Å². The predicted octanol–water partition coefficient (Wildman–Crippen LogP) is 19.0. The van der Waals surface area contributed by atoms with Crippen molar-refractivity contribution in [3.05, 3.63) is 296 Å². The van der Waals surface area contributed by atoms with Crippen molar-refractivity contribution in [3.8, 4) is 55.6 Å². The van der Waals surface area contributed by atoms with E-state index in [4.69, 9.17) is 0 Å². The summed E-state index contributed by atoms with van der Waals surface area (Å²) in [6, 6.07) is 72.8. The number of nitrogens with zero attached hydrogens (tertiary/aromatic N) is 1. The second kappa shape index (κ2) is 18.6. The second-order valence-electron chi connectivity index (χ2n) is 17.0. The van der Waals surface area contributed by atoms with Gasteiger partial charge in [0, 0.05) is 43.0 Å². The van der Waals surface area contributed by atoms with Crippen molar-refractivity contribution >= 4 is 48.6 Å². The lowest BCUT2D eigenvalue weighted by Crippen LogP contribution is -2.11. The summed E-state index contributed by atoms with van der Waals surface area (Å²) in [6.07, 6.45) is 0. The van der Waals surface area contributed by atoms with E-state index < -0.39 is 42.2 Å². The standard InChI is InChI=1S/C67H47NS/c1-4-16-47(17-5-1)50-30-34-54(35-31-50)66(55-36-32-51(33-37-55)48-18-6-2-7-19-48)57-23-14-22-56(46-57)60-24-10-12-28-64(60)68(58-42-38-52(39-43-58)49-20-8-3-9-21-49)59-44-40-53(41-45-59)61-26-15-27-63-62-25-11-13-29-65(62)69-67(61)63/h1-46,66H/i10D,12D,14D,22D,23D,24D,28D,46D. The van der Waals surface area contributed by atoms with Gasteiger partial charge in [-0.1, -0.05) is 242 Å². The molecule has 12 aromatic rings. The first-order valence-corrected chi connectivity index (χ1v) is 23.9. The molecular weight excluding hydrogens is 851 g/mol. The summed E-state index contributed by atoms with van der Waals surface area (Å²) in [4.78, 5) is 1.77. The summed E-state index contributed by atoms with van der Waals surface area (Å²) in [6.45, 7) is 0. The summed E-state index contributed by atoms with van der Waals surface area (Å²) in [5.41, 5.74) is 10.4. The minimum atomic E-state index is -0.799. The van der Waals surface area contributed by atoms with Crippen molar-refractivity contribution in [2.75, 3.05) is 4.90 Å². The Bertz CT molecular complexity index is 4070. The zero-order valence-corrected chi connectivity index (χ0v) is 38.2. The van der Waals surface area contributed by atoms with E-state index in [-0.39, 0.29) is 34.5 Å². The molecule has 0 atom stereocenters. The van der Waals surface area contributed by atoms with Gasteiger partial charge < -0.3 is 4.90 Å².